The minimum atomic E-state index is -0.372. The molecule has 2 aromatic heterocycles. The number of hydrogen-bond donors (Lipinski definition) is 1. The van der Waals surface area contributed by atoms with E-state index in [1.54, 1.807) is 48.2 Å². The van der Waals surface area contributed by atoms with Crippen molar-refractivity contribution in [3.8, 4) is 11.4 Å². The molecule has 0 aliphatic heterocycles. The number of fused-ring (bicyclic) bond motifs is 1. The SMILES string of the molecule is COc1ccc(-n2ccn3c(CCC(=O)Nc4ccc(F)cc4)nnc3c2=O)cc1. The van der Waals surface area contributed by atoms with Crippen LogP contribution in [0.5, 0.6) is 5.75 Å². The van der Waals surface area contributed by atoms with E-state index < -0.39 is 0 Å². The van der Waals surface area contributed by atoms with Crippen LogP contribution >= 0.6 is 0 Å². The van der Waals surface area contributed by atoms with Crippen LogP contribution in [0.1, 0.15) is 12.2 Å². The van der Waals surface area contributed by atoms with Crippen molar-refractivity contribution in [3.05, 3.63) is 82.9 Å². The van der Waals surface area contributed by atoms with Crippen LogP contribution in [0.15, 0.2) is 65.7 Å². The maximum absolute atomic E-state index is 12.9. The van der Waals surface area contributed by atoms with Crippen LogP contribution in [-0.2, 0) is 11.2 Å². The highest BCUT2D eigenvalue weighted by Crippen LogP contribution is 2.14. The second kappa shape index (κ2) is 8.16. The lowest BCUT2D eigenvalue weighted by Gasteiger charge is -2.08. The fourth-order valence-corrected chi connectivity index (χ4v) is 3.03. The Balaban J connectivity index is 1.50. The van der Waals surface area contributed by atoms with Gasteiger partial charge in [-0.05, 0) is 48.5 Å². The molecule has 0 saturated carbocycles. The van der Waals surface area contributed by atoms with Gasteiger partial charge in [0.15, 0.2) is 0 Å². The highest BCUT2D eigenvalue weighted by molar-refractivity contribution is 5.90. The van der Waals surface area contributed by atoms with Crippen LogP contribution < -0.4 is 15.6 Å². The topological polar surface area (TPSA) is 90.5 Å². The summed E-state index contributed by atoms with van der Waals surface area (Å²) in [4.78, 5) is 25.0. The summed E-state index contributed by atoms with van der Waals surface area (Å²) >= 11 is 0. The maximum atomic E-state index is 12.9. The van der Waals surface area contributed by atoms with Gasteiger partial charge in [0.1, 0.15) is 17.4 Å². The van der Waals surface area contributed by atoms with E-state index in [-0.39, 0.29) is 29.4 Å². The summed E-state index contributed by atoms with van der Waals surface area (Å²) in [6.07, 6.45) is 3.75. The molecular weight excluding hydrogens is 389 g/mol. The van der Waals surface area contributed by atoms with Gasteiger partial charge in [-0.2, -0.15) is 0 Å². The van der Waals surface area contributed by atoms with Crippen molar-refractivity contribution in [1.29, 1.82) is 0 Å². The average Bonchev–Trinajstić information content (AvgIpc) is 3.18. The Labute approximate surface area is 170 Å². The molecule has 8 nitrogen and oxygen atoms in total. The maximum Gasteiger partial charge on any atom is 0.300 e. The number of methoxy groups -OCH3 is 1. The van der Waals surface area contributed by atoms with E-state index in [1.165, 1.54) is 28.8 Å². The van der Waals surface area contributed by atoms with Gasteiger partial charge in [-0.15, -0.1) is 10.2 Å². The molecule has 4 rings (SSSR count). The summed E-state index contributed by atoms with van der Waals surface area (Å²) in [7, 11) is 1.57. The van der Waals surface area contributed by atoms with Crippen molar-refractivity contribution in [3.63, 3.8) is 0 Å². The molecule has 152 valence electrons. The van der Waals surface area contributed by atoms with Crippen LogP contribution in [-0.4, -0.2) is 32.2 Å². The number of aromatic nitrogens is 4. The second-order valence-electron chi connectivity index (χ2n) is 6.54. The first kappa shape index (κ1) is 19.3. The fraction of sp³-hybridized carbons (Fsp3) is 0.143. The molecule has 2 aromatic carbocycles. The Hall–Kier alpha value is -4.01. The van der Waals surface area contributed by atoms with Crippen molar-refractivity contribution in [2.24, 2.45) is 0 Å². The molecule has 9 heteroatoms. The molecule has 0 fully saturated rings. The van der Waals surface area contributed by atoms with Crippen molar-refractivity contribution in [2.45, 2.75) is 12.8 Å². The fourth-order valence-electron chi connectivity index (χ4n) is 3.03. The van der Waals surface area contributed by atoms with Crippen LogP contribution in [0.3, 0.4) is 0 Å². The van der Waals surface area contributed by atoms with Crippen LogP contribution in [0.2, 0.25) is 0 Å². The number of hydrogen-bond acceptors (Lipinski definition) is 5. The molecule has 0 aliphatic carbocycles. The number of nitrogens with one attached hydrogen (secondary N) is 1. The van der Waals surface area contributed by atoms with Crippen LogP contribution in [0, 0.1) is 5.82 Å². The summed E-state index contributed by atoms with van der Waals surface area (Å²) in [6.45, 7) is 0. The summed E-state index contributed by atoms with van der Waals surface area (Å²) in [5.74, 6) is 0.572. The first-order chi connectivity index (χ1) is 14.5. The number of anilines is 1. The lowest BCUT2D eigenvalue weighted by atomic mass is 10.2. The molecule has 0 saturated heterocycles. The van der Waals surface area contributed by atoms with E-state index in [2.05, 4.69) is 15.5 Å². The minimum absolute atomic E-state index is 0.139. The Morgan fingerprint density at radius 2 is 1.80 bits per heavy atom. The lowest BCUT2D eigenvalue weighted by molar-refractivity contribution is -0.116. The molecule has 0 unspecified atom stereocenters. The summed E-state index contributed by atoms with van der Waals surface area (Å²) in [5, 5.41) is 10.7. The van der Waals surface area contributed by atoms with Crippen molar-refractivity contribution < 1.29 is 13.9 Å². The molecule has 1 N–H and O–H groups in total. The van der Waals surface area contributed by atoms with Crippen LogP contribution in [0.4, 0.5) is 10.1 Å². The summed E-state index contributed by atoms with van der Waals surface area (Å²) < 4.78 is 21.1. The standard InChI is InChI=1S/C21H18FN5O3/c1-30-17-8-6-16(7-9-17)26-12-13-27-18(24-25-20(27)21(26)29)10-11-19(28)23-15-4-2-14(22)3-5-15/h2-9,12-13H,10-11H2,1H3,(H,23,28). The number of nitrogens with zero attached hydrogens (tertiary/aromatic N) is 4. The van der Waals surface area contributed by atoms with Crippen molar-refractivity contribution >= 4 is 17.2 Å². The smallest absolute Gasteiger partial charge is 0.300 e. The number of ether oxygens (including phenoxy) is 1. The Kier molecular flexibility index (Phi) is 5.25. The number of benzene rings is 2. The summed E-state index contributed by atoms with van der Waals surface area (Å²) in [5.41, 5.74) is 1.03. The molecule has 1 amide bonds. The average molecular weight is 407 g/mol. The monoisotopic (exact) mass is 407 g/mol. The van der Waals surface area contributed by atoms with E-state index in [4.69, 9.17) is 4.74 Å². The zero-order valence-electron chi connectivity index (χ0n) is 16.1. The highest BCUT2D eigenvalue weighted by atomic mass is 19.1. The number of aryl methyl sites for hydroxylation is 1. The Morgan fingerprint density at radius 3 is 2.50 bits per heavy atom. The van der Waals surface area contributed by atoms with Gasteiger partial charge in [0, 0.05) is 36.6 Å². The van der Waals surface area contributed by atoms with E-state index in [1.807, 2.05) is 0 Å². The Morgan fingerprint density at radius 1 is 1.07 bits per heavy atom. The quantitative estimate of drug-likeness (QED) is 0.531. The van der Waals surface area contributed by atoms with E-state index >= 15 is 0 Å². The van der Waals surface area contributed by atoms with Gasteiger partial charge in [0.2, 0.25) is 11.6 Å². The normalized spacial score (nSPS) is 10.9. The first-order valence-electron chi connectivity index (χ1n) is 9.20. The second-order valence-corrected chi connectivity index (χ2v) is 6.54. The van der Waals surface area contributed by atoms with Crippen molar-refractivity contribution in [1.82, 2.24) is 19.2 Å². The lowest BCUT2D eigenvalue weighted by Crippen LogP contribution is -2.20. The van der Waals surface area contributed by atoms with Crippen molar-refractivity contribution in [2.75, 3.05) is 12.4 Å². The third kappa shape index (κ3) is 3.90. The van der Waals surface area contributed by atoms with Gasteiger partial charge in [-0.25, -0.2) is 4.39 Å². The zero-order valence-corrected chi connectivity index (χ0v) is 16.1. The molecule has 4 aromatic rings. The highest BCUT2D eigenvalue weighted by Gasteiger charge is 2.13. The molecular formula is C21H18FN5O3. The van der Waals surface area contributed by atoms with E-state index in [0.29, 0.717) is 29.4 Å². The molecule has 0 aliphatic rings. The predicted molar refractivity (Wildman–Crippen MR) is 108 cm³/mol. The zero-order chi connectivity index (χ0) is 21.1. The van der Waals surface area contributed by atoms with Gasteiger partial charge in [-0.3, -0.25) is 18.6 Å². The molecule has 30 heavy (non-hydrogen) atoms. The first-order valence-corrected chi connectivity index (χ1v) is 9.20. The molecule has 0 bridgehead atoms. The number of carbonyl (C=O) groups is 1. The summed E-state index contributed by atoms with van der Waals surface area (Å²) in [6, 6.07) is 12.6. The van der Waals surface area contributed by atoms with Gasteiger partial charge < -0.3 is 10.1 Å². The van der Waals surface area contributed by atoms with Gasteiger partial charge >= 0.3 is 5.56 Å². The van der Waals surface area contributed by atoms with E-state index in [9.17, 15) is 14.0 Å². The predicted octanol–water partition coefficient (Wildman–Crippen LogP) is 2.60. The van der Waals surface area contributed by atoms with Gasteiger partial charge in [0.05, 0.1) is 7.11 Å². The molecule has 0 radical (unpaired) electrons. The number of halogens is 1. The van der Waals surface area contributed by atoms with Gasteiger partial charge in [-0.1, -0.05) is 0 Å². The third-order valence-corrected chi connectivity index (χ3v) is 4.60. The molecule has 0 atom stereocenters. The Bertz CT molecular complexity index is 1250. The van der Waals surface area contributed by atoms with Crippen LogP contribution in [0.25, 0.3) is 11.3 Å². The molecule has 2 heterocycles. The van der Waals surface area contributed by atoms with Gasteiger partial charge in [0.25, 0.3) is 0 Å². The number of amides is 1. The minimum Gasteiger partial charge on any atom is -0.497 e. The number of carbonyl (C=O) groups excluding carboxylic acids is 1. The largest absolute Gasteiger partial charge is 0.497 e. The van der Waals surface area contributed by atoms with E-state index in [0.717, 1.165) is 0 Å². The third-order valence-electron chi connectivity index (χ3n) is 4.60. The number of rotatable bonds is 6. The molecule has 0 spiro atoms.